The number of hydrogen-bond donors (Lipinski definition) is 0. The van der Waals surface area contributed by atoms with E-state index in [0.717, 1.165) is 29.7 Å². The van der Waals surface area contributed by atoms with Crippen LogP contribution in [0.25, 0.3) is 0 Å². The maximum Gasteiger partial charge on any atom is 0.314 e. The van der Waals surface area contributed by atoms with Gasteiger partial charge in [-0.1, -0.05) is 120 Å². The third-order valence-electron chi connectivity index (χ3n) is 7.19. The molecule has 4 nitrogen and oxygen atoms in total. The van der Waals surface area contributed by atoms with Crippen molar-refractivity contribution in [3.05, 3.63) is 65.7 Å². The molecule has 0 amide bonds. The first-order valence-corrected chi connectivity index (χ1v) is 15.2. The number of hydrogen-bond acceptors (Lipinski definition) is 3. The third-order valence-corrected chi connectivity index (χ3v) is 7.19. The number of benzene rings is 2. The van der Waals surface area contributed by atoms with Crippen molar-refractivity contribution < 1.29 is 18.8 Å². The minimum absolute atomic E-state index is 0.218. The van der Waals surface area contributed by atoms with Crippen LogP contribution in [0.15, 0.2) is 54.6 Å². The molecule has 2 aromatic carbocycles. The van der Waals surface area contributed by atoms with Gasteiger partial charge in [-0.2, -0.15) is 0 Å². The third kappa shape index (κ3) is 15.2. The summed E-state index contributed by atoms with van der Waals surface area (Å²) in [6.45, 7) is 5.67. The fourth-order valence-electron chi connectivity index (χ4n) is 4.95. The summed E-state index contributed by atoms with van der Waals surface area (Å²) in [6, 6.07) is 18.6. The number of nitrogens with zero attached hydrogens (tertiary/aromatic N) is 1. The fraction of sp³-hybridized carbons (Fsp3) is 0.618. The average Bonchev–Trinajstić information content (AvgIpc) is 2.89. The number of carbonyl (C=O) groups is 1. The van der Waals surface area contributed by atoms with Crippen LogP contribution >= 0.6 is 0 Å². The lowest BCUT2D eigenvalue weighted by molar-refractivity contribution is -0.903. The molecule has 0 saturated heterocycles. The second kappa shape index (κ2) is 18.8. The lowest BCUT2D eigenvalue weighted by atomic mass is 10.0. The Morgan fingerprint density at radius 1 is 0.763 bits per heavy atom. The molecule has 1 atom stereocenters. The molecule has 212 valence electrons. The zero-order chi connectivity index (χ0) is 27.5. The molecule has 38 heavy (non-hydrogen) atoms. The summed E-state index contributed by atoms with van der Waals surface area (Å²) in [5, 5.41) is 0. The summed E-state index contributed by atoms with van der Waals surface area (Å²) in [4.78, 5) is 12.4. The van der Waals surface area contributed by atoms with Gasteiger partial charge in [-0.25, -0.2) is 0 Å². The van der Waals surface area contributed by atoms with E-state index >= 15 is 0 Å². The van der Waals surface area contributed by atoms with Gasteiger partial charge in [0.15, 0.2) is 0 Å². The van der Waals surface area contributed by atoms with Gasteiger partial charge in [0, 0.05) is 12.5 Å². The van der Waals surface area contributed by atoms with Crippen molar-refractivity contribution in [3.8, 4) is 5.75 Å². The number of unbranched alkanes of at least 4 members (excludes halogenated alkanes) is 11. The number of rotatable bonds is 21. The monoisotopic (exact) mass is 524 g/mol. The molecule has 0 bridgehead atoms. The van der Waals surface area contributed by atoms with Gasteiger partial charge in [0.1, 0.15) is 12.3 Å². The van der Waals surface area contributed by atoms with Gasteiger partial charge >= 0.3 is 5.97 Å². The van der Waals surface area contributed by atoms with E-state index in [1.807, 2.05) is 18.2 Å². The Hall–Kier alpha value is -2.33. The highest BCUT2D eigenvalue weighted by molar-refractivity contribution is 5.69. The largest absolute Gasteiger partial charge is 0.455 e. The molecule has 2 rings (SSSR count). The van der Waals surface area contributed by atoms with Crippen molar-refractivity contribution in [2.24, 2.45) is 0 Å². The molecule has 0 spiro atoms. The standard InChI is InChI=1S/C34H54NO3/c1-5-6-7-8-9-10-11-12-13-14-15-17-21-31-24-20-25-33(28-31)37-30(2)38-34(36)26-27-35(3,4)29-32-22-18-16-19-23-32/h16,18-20,22-25,28,30H,5-15,17,21,26-27,29H2,1-4H3/q+1. The Kier molecular flexibility index (Phi) is 15.8. The number of ether oxygens (including phenoxy) is 2. The summed E-state index contributed by atoms with van der Waals surface area (Å²) >= 11 is 0. The fourth-order valence-corrected chi connectivity index (χ4v) is 4.95. The number of quaternary nitrogens is 1. The molecule has 2 aromatic rings. The van der Waals surface area contributed by atoms with E-state index in [4.69, 9.17) is 9.47 Å². The van der Waals surface area contributed by atoms with Crippen LogP contribution in [-0.4, -0.2) is 37.4 Å². The highest BCUT2D eigenvalue weighted by atomic mass is 16.7. The highest BCUT2D eigenvalue weighted by Gasteiger charge is 2.20. The number of aryl methyl sites for hydroxylation is 1. The molecule has 1 unspecified atom stereocenters. The van der Waals surface area contributed by atoms with Crippen LogP contribution in [0.4, 0.5) is 0 Å². The van der Waals surface area contributed by atoms with Gasteiger partial charge in [0.05, 0.1) is 27.1 Å². The van der Waals surface area contributed by atoms with Gasteiger partial charge in [0.2, 0.25) is 6.29 Å². The maximum absolute atomic E-state index is 12.4. The van der Waals surface area contributed by atoms with Crippen LogP contribution in [0.2, 0.25) is 0 Å². The summed E-state index contributed by atoms with van der Waals surface area (Å²) in [6.07, 6.45) is 17.2. The predicted molar refractivity (Wildman–Crippen MR) is 159 cm³/mol. The van der Waals surface area contributed by atoms with E-state index in [2.05, 4.69) is 57.4 Å². The highest BCUT2D eigenvalue weighted by Crippen LogP contribution is 2.19. The molecule has 0 aliphatic rings. The Labute approximate surface area is 233 Å². The van der Waals surface area contributed by atoms with Crippen LogP contribution in [0.3, 0.4) is 0 Å². The normalized spacial score (nSPS) is 12.3. The molecule has 0 aliphatic carbocycles. The molecule has 0 N–H and O–H groups in total. The number of esters is 1. The van der Waals surface area contributed by atoms with Gasteiger partial charge in [0.25, 0.3) is 0 Å². The minimum atomic E-state index is -0.603. The predicted octanol–water partition coefficient (Wildman–Crippen LogP) is 8.86. The van der Waals surface area contributed by atoms with Crippen LogP contribution < -0.4 is 4.74 Å². The van der Waals surface area contributed by atoms with E-state index in [-0.39, 0.29) is 5.97 Å². The van der Waals surface area contributed by atoms with Gasteiger partial charge in [-0.3, -0.25) is 4.79 Å². The molecule has 4 heteroatoms. The molecule has 0 aromatic heterocycles. The van der Waals surface area contributed by atoms with Crippen LogP contribution in [0.1, 0.15) is 108 Å². The molecule has 0 heterocycles. The topological polar surface area (TPSA) is 35.5 Å². The summed E-state index contributed by atoms with van der Waals surface area (Å²) < 4.78 is 12.2. The van der Waals surface area contributed by atoms with Crippen LogP contribution in [0.5, 0.6) is 5.75 Å². The molecule has 0 aliphatic heterocycles. The second-order valence-corrected chi connectivity index (χ2v) is 11.5. The molecule has 0 radical (unpaired) electrons. The Morgan fingerprint density at radius 2 is 1.34 bits per heavy atom. The first kappa shape index (κ1) is 31.9. The van der Waals surface area contributed by atoms with Crippen LogP contribution in [-0.2, 0) is 22.5 Å². The second-order valence-electron chi connectivity index (χ2n) is 11.5. The minimum Gasteiger partial charge on any atom is -0.455 e. The van der Waals surface area contributed by atoms with Crippen molar-refractivity contribution in [3.63, 3.8) is 0 Å². The summed E-state index contributed by atoms with van der Waals surface area (Å²) in [7, 11) is 4.28. The lowest BCUT2D eigenvalue weighted by Gasteiger charge is -2.29. The van der Waals surface area contributed by atoms with E-state index in [1.54, 1.807) is 6.92 Å². The SMILES string of the molecule is CCCCCCCCCCCCCCc1cccc(OC(C)OC(=O)CC[N+](C)(C)Cc2ccccc2)c1. The quantitative estimate of drug-likeness (QED) is 0.0708. The average molecular weight is 525 g/mol. The van der Waals surface area contributed by atoms with Crippen molar-refractivity contribution in [1.29, 1.82) is 0 Å². The molecule has 0 saturated carbocycles. The lowest BCUT2D eigenvalue weighted by Crippen LogP contribution is -2.40. The zero-order valence-electron chi connectivity index (χ0n) is 24.8. The van der Waals surface area contributed by atoms with Crippen molar-refractivity contribution in [1.82, 2.24) is 0 Å². The van der Waals surface area contributed by atoms with E-state index in [9.17, 15) is 4.79 Å². The van der Waals surface area contributed by atoms with Gasteiger partial charge in [-0.05, 0) is 30.5 Å². The van der Waals surface area contributed by atoms with E-state index < -0.39 is 6.29 Å². The maximum atomic E-state index is 12.4. The first-order chi connectivity index (χ1) is 18.4. The van der Waals surface area contributed by atoms with Crippen molar-refractivity contribution in [2.45, 2.75) is 117 Å². The van der Waals surface area contributed by atoms with Gasteiger partial charge < -0.3 is 14.0 Å². The molecular formula is C34H54NO3+. The zero-order valence-corrected chi connectivity index (χ0v) is 24.8. The van der Waals surface area contributed by atoms with E-state index in [0.29, 0.717) is 6.42 Å². The smallest absolute Gasteiger partial charge is 0.314 e. The van der Waals surface area contributed by atoms with Crippen molar-refractivity contribution >= 4 is 5.97 Å². The Bertz CT molecular complexity index is 880. The molecular weight excluding hydrogens is 470 g/mol. The first-order valence-electron chi connectivity index (χ1n) is 15.2. The molecule has 0 fully saturated rings. The Morgan fingerprint density at radius 3 is 1.97 bits per heavy atom. The van der Waals surface area contributed by atoms with E-state index in [1.165, 1.54) is 88.2 Å². The van der Waals surface area contributed by atoms with Crippen molar-refractivity contribution in [2.75, 3.05) is 20.6 Å². The Balaban J connectivity index is 1.58. The summed E-state index contributed by atoms with van der Waals surface area (Å²) in [5.74, 6) is 0.548. The van der Waals surface area contributed by atoms with Crippen LogP contribution in [0, 0.1) is 0 Å². The number of carbonyl (C=O) groups excluding carboxylic acids is 1. The summed E-state index contributed by atoms with van der Waals surface area (Å²) in [5.41, 5.74) is 2.55. The van der Waals surface area contributed by atoms with Gasteiger partial charge in [-0.15, -0.1) is 0 Å².